The lowest BCUT2D eigenvalue weighted by Crippen LogP contribution is -2.51. The number of imidazole rings is 1. The highest BCUT2D eigenvalue weighted by Gasteiger charge is 2.30. The largest absolute Gasteiger partial charge is 0.379 e. The van der Waals surface area contributed by atoms with Gasteiger partial charge in [0.1, 0.15) is 5.69 Å². The molecule has 1 unspecified atom stereocenters. The summed E-state index contributed by atoms with van der Waals surface area (Å²) in [4.78, 5) is 20.5. The number of pyridine rings is 1. The Morgan fingerprint density at radius 2 is 2.38 bits per heavy atom. The molecule has 0 aliphatic carbocycles. The summed E-state index contributed by atoms with van der Waals surface area (Å²) in [6.07, 6.45) is 8.71. The highest BCUT2D eigenvalue weighted by molar-refractivity contribution is 5.93. The molecule has 1 fully saturated rings. The summed E-state index contributed by atoms with van der Waals surface area (Å²) in [6, 6.07) is 3.59. The van der Waals surface area contributed by atoms with E-state index in [2.05, 4.69) is 15.3 Å². The quantitative estimate of drug-likeness (QED) is 0.930. The van der Waals surface area contributed by atoms with E-state index < -0.39 is 0 Å². The van der Waals surface area contributed by atoms with Crippen molar-refractivity contribution in [2.75, 3.05) is 13.2 Å². The molecule has 1 atom stereocenters. The fourth-order valence-electron chi connectivity index (χ4n) is 2.49. The van der Waals surface area contributed by atoms with E-state index in [0.29, 0.717) is 12.3 Å². The monoisotopic (exact) mass is 286 g/mol. The Balaban J connectivity index is 1.77. The summed E-state index contributed by atoms with van der Waals surface area (Å²) in [6.45, 7) is 3.31. The Morgan fingerprint density at radius 1 is 1.48 bits per heavy atom. The van der Waals surface area contributed by atoms with Crippen LogP contribution in [-0.2, 0) is 4.74 Å². The number of hydrogen-bond acceptors (Lipinski definition) is 4. The molecule has 0 radical (unpaired) electrons. The number of rotatable bonds is 3. The van der Waals surface area contributed by atoms with Crippen molar-refractivity contribution in [1.82, 2.24) is 19.9 Å². The van der Waals surface area contributed by atoms with E-state index in [1.165, 1.54) is 0 Å². The molecular formula is C15H18N4O2. The standard InChI is InChI=1S/C15H18N4O2/c1-15(4-2-8-21-10-15)18-14(20)13-9-12(3-5-17-13)19-7-6-16-11-19/h3,5-7,9,11H,2,4,8,10H2,1H3,(H,18,20). The first-order valence-electron chi connectivity index (χ1n) is 7.01. The third-order valence-corrected chi connectivity index (χ3v) is 3.63. The maximum atomic E-state index is 12.4. The molecule has 3 heterocycles. The van der Waals surface area contributed by atoms with Gasteiger partial charge in [0.15, 0.2) is 0 Å². The zero-order valence-electron chi connectivity index (χ0n) is 12.0. The van der Waals surface area contributed by atoms with Gasteiger partial charge in [-0.25, -0.2) is 4.98 Å². The van der Waals surface area contributed by atoms with Gasteiger partial charge in [0.05, 0.1) is 24.2 Å². The van der Waals surface area contributed by atoms with Crippen LogP contribution >= 0.6 is 0 Å². The van der Waals surface area contributed by atoms with Gasteiger partial charge in [-0.3, -0.25) is 9.78 Å². The van der Waals surface area contributed by atoms with Crippen molar-refractivity contribution in [2.45, 2.75) is 25.3 Å². The summed E-state index contributed by atoms with van der Waals surface area (Å²) >= 11 is 0. The first kappa shape index (κ1) is 13.8. The molecule has 1 aliphatic rings. The normalized spacial score (nSPS) is 22.0. The zero-order valence-corrected chi connectivity index (χ0v) is 12.0. The summed E-state index contributed by atoms with van der Waals surface area (Å²) in [7, 11) is 0. The SMILES string of the molecule is CC1(NC(=O)c2cc(-n3ccnc3)ccn2)CCCOC1. The number of carbonyl (C=O) groups is 1. The molecule has 6 heteroatoms. The molecule has 2 aromatic heterocycles. The number of amides is 1. The van der Waals surface area contributed by atoms with E-state index >= 15 is 0 Å². The number of ether oxygens (including phenoxy) is 1. The van der Waals surface area contributed by atoms with Crippen LogP contribution in [-0.4, -0.2) is 39.2 Å². The van der Waals surface area contributed by atoms with Gasteiger partial charge < -0.3 is 14.6 Å². The zero-order chi connectivity index (χ0) is 14.7. The molecule has 1 saturated heterocycles. The molecule has 2 aromatic rings. The average molecular weight is 286 g/mol. The van der Waals surface area contributed by atoms with Crippen molar-refractivity contribution in [2.24, 2.45) is 0 Å². The Hall–Kier alpha value is -2.21. The number of nitrogens with one attached hydrogen (secondary N) is 1. The molecular weight excluding hydrogens is 268 g/mol. The van der Waals surface area contributed by atoms with Gasteiger partial charge in [-0.2, -0.15) is 0 Å². The predicted octanol–water partition coefficient (Wildman–Crippen LogP) is 1.57. The van der Waals surface area contributed by atoms with Crippen LogP contribution in [0.25, 0.3) is 5.69 Å². The van der Waals surface area contributed by atoms with Crippen molar-refractivity contribution >= 4 is 5.91 Å². The van der Waals surface area contributed by atoms with Crippen LogP contribution in [0.15, 0.2) is 37.1 Å². The summed E-state index contributed by atoms with van der Waals surface area (Å²) in [5, 5.41) is 3.03. The van der Waals surface area contributed by atoms with Gasteiger partial charge in [-0.1, -0.05) is 0 Å². The van der Waals surface area contributed by atoms with E-state index in [1.807, 2.05) is 23.8 Å². The number of nitrogens with zero attached hydrogens (tertiary/aromatic N) is 3. The van der Waals surface area contributed by atoms with E-state index in [0.717, 1.165) is 25.1 Å². The second kappa shape index (κ2) is 5.65. The fourth-order valence-corrected chi connectivity index (χ4v) is 2.49. The molecule has 0 aromatic carbocycles. The third kappa shape index (κ3) is 3.11. The third-order valence-electron chi connectivity index (χ3n) is 3.63. The Labute approximate surface area is 123 Å². The van der Waals surface area contributed by atoms with Gasteiger partial charge in [0.2, 0.25) is 0 Å². The van der Waals surface area contributed by atoms with Crippen molar-refractivity contribution in [3.63, 3.8) is 0 Å². The number of aromatic nitrogens is 3. The summed E-state index contributed by atoms with van der Waals surface area (Å²) < 4.78 is 7.29. The molecule has 1 aliphatic heterocycles. The Morgan fingerprint density at radius 3 is 3.10 bits per heavy atom. The minimum absolute atomic E-state index is 0.176. The molecule has 110 valence electrons. The Kier molecular flexibility index (Phi) is 3.70. The molecule has 0 bridgehead atoms. The minimum atomic E-state index is -0.317. The van der Waals surface area contributed by atoms with Crippen molar-refractivity contribution in [3.05, 3.63) is 42.7 Å². The number of carbonyl (C=O) groups excluding carboxylic acids is 1. The summed E-state index contributed by atoms with van der Waals surface area (Å²) in [5.41, 5.74) is 0.938. The first-order chi connectivity index (χ1) is 10.2. The van der Waals surface area contributed by atoms with Crippen LogP contribution in [0.2, 0.25) is 0 Å². The second-order valence-electron chi connectivity index (χ2n) is 5.54. The van der Waals surface area contributed by atoms with Gasteiger partial charge in [0.25, 0.3) is 5.91 Å². The highest BCUT2D eigenvalue weighted by Crippen LogP contribution is 2.19. The molecule has 0 saturated carbocycles. The van der Waals surface area contributed by atoms with Gasteiger partial charge in [-0.15, -0.1) is 0 Å². The van der Waals surface area contributed by atoms with Crippen molar-refractivity contribution < 1.29 is 9.53 Å². The van der Waals surface area contributed by atoms with E-state index in [4.69, 9.17) is 4.74 Å². The first-order valence-corrected chi connectivity index (χ1v) is 7.01. The molecule has 1 N–H and O–H groups in total. The van der Waals surface area contributed by atoms with E-state index in [-0.39, 0.29) is 11.4 Å². The average Bonchev–Trinajstić information content (AvgIpc) is 3.02. The summed E-state index contributed by atoms with van der Waals surface area (Å²) in [5.74, 6) is -0.176. The smallest absolute Gasteiger partial charge is 0.270 e. The lowest BCUT2D eigenvalue weighted by Gasteiger charge is -2.34. The van der Waals surface area contributed by atoms with Crippen molar-refractivity contribution in [1.29, 1.82) is 0 Å². The van der Waals surface area contributed by atoms with Gasteiger partial charge in [0, 0.05) is 25.2 Å². The highest BCUT2D eigenvalue weighted by atomic mass is 16.5. The van der Waals surface area contributed by atoms with Crippen LogP contribution in [0, 0.1) is 0 Å². The molecule has 0 spiro atoms. The van der Waals surface area contributed by atoms with E-state index in [9.17, 15) is 4.79 Å². The maximum Gasteiger partial charge on any atom is 0.270 e. The van der Waals surface area contributed by atoms with E-state index in [1.54, 1.807) is 24.8 Å². The van der Waals surface area contributed by atoms with Crippen LogP contribution < -0.4 is 5.32 Å². The topological polar surface area (TPSA) is 69.0 Å². The lowest BCUT2D eigenvalue weighted by molar-refractivity contribution is 0.0271. The van der Waals surface area contributed by atoms with Crippen LogP contribution in [0.4, 0.5) is 0 Å². The predicted molar refractivity (Wildman–Crippen MR) is 77.3 cm³/mol. The molecule has 1 amide bonds. The van der Waals surface area contributed by atoms with Gasteiger partial charge >= 0.3 is 0 Å². The van der Waals surface area contributed by atoms with Crippen LogP contribution in [0.5, 0.6) is 0 Å². The number of hydrogen-bond donors (Lipinski definition) is 1. The van der Waals surface area contributed by atoms with Gasteiger partial charge in [-0.05, 0) is 31.9 Å². The fraction of sp³-hybridized carbons (Fsp3) is 0.400. The molecule has 6 nitrogen and oxygen atoms in total. The van der Waals surface area contributed by atoms with Crippen molar-refractivity contribution in [3.8, 4) is 5.69 Å². The lowest BCUT2D eigenvalue weighted by atomic mass is 9.94. The molecule has 21 heavy (non-hydrogen) atoms. The minimum Gasteiger partial charge on any atom is -0.379 e. The second-order valence-corrected chi connectivity index (χ2v) is 5.54. The maximum absolute atomic E-state index is 12.4. The van der Waals surface area contributed by atoms with Crippen LogP contribution in [0.1, 0.15) is 30.3 Å². The Bertz CT molecular complexity index is 618. The molecule has 3 rings (SSSR count). The van der Waals surface area contributed by atoms with Crippen LogP contribution in [0.3, 0.4) is 0 Å².